The van der Waals surface area contributed by atoms with Crippen LogP contribution in [0.2, 0.25) is 0 Å². The van der Waals surface area contributed by atoms with Crippen molar-refractivity contribution in [3.8, 4) is 0 Å². The molecule has 1 saturated carbocycles. The largest absolute Gasteiger partial charge is 0.456 e. The van der Waals surface area contributed by atoms with Crippen LogP contribution in [0.25, 0.3) is 0 Å². The molecule has 3 aliphatic rings. The average molecular weight is 741 g/mol. The van der Waals surface area contributed by atoms with Crippen LogP contribution in [0, 0.1) is 0 Å². The number of halogens is 5. The van der Waals surface area contributed by atoms with E-state index in [1.165, 1.54) is 6.92 Å². The van der Waals surface area contributed by atoms with Gasteiger partial charge < -0.3 is 53.8 Å². The van der Waals surface area contributed by atoms with E-state index in [-0.39, 0.29) is 58.1 Å². The second-order valence-corrected chi connectivity index (χ2v) is 11.9. The van der Waals surface area contributed by atoms with Crippen LogP contribution in [0.3, 0.4) is 0 Å². The lowest BCUT2D eigenvalue weighted by Gasteiger charge is -2.40. The highest BCUT2D eigenvalue weighted by molar-refractivity contribution is 5.72. The summed E-state index contributed by atoms with van der Waals surface area (Å²) in [4.78, 5) is 22.9. The van der Waals surface area contributed by atoms with E-state index in [0.717, 1.165) is 0 Å². The molecule has 6 N–H and O–H groups in total. The van der Waals surface area contributed by atoms with Gasteiger partial charge in [-0.2, -0.15) is 5.53 Å². The van der Waals surface area contributed by atoms with Gasteiger partial charge in [0, 0.05) is 32.6 Å². The molecule has 5 unspecified atom stereocenters. The predicted molar refractivity (Wildman–Crippen MR) is 160 cm³/mol. The Bertz CT molecular complexity index is 989. The molecule has 10 atom stereocenters. The van der Waals surface area contributed by atoms with Gasteiger partial charge in [0.1, 0.15) is 24.4 Å². The van der Waals surface area contributed by atoms with Gasteiger partial charge >= 0.3 is 5.97 Å². The van der Waals surface area contributed by atoms with Gasteiger partial charge in [-0.1, -0.05) is 0 Å². The first-order valence-electron chi connectivity index (χ1n) is 16.4. The number of nitrogens with zero attached hydrogens (tertiary/aromatic N) is 1. The van der Waals surface area contributed by atoms with Crippen molar-refractivity contribution in [2.75, 3.05) is 79.1 Å². The Kier molecular flexibility index (Phi) is 18.9. The fraction of sp³-hybridized carbons (Fsp3) is 0.931. The Morgan fingerprint density at radius 3 is 1.94 bits per heavy atom. The monoisotopic (exact) mass is 740 g/mol. The Morgan fingerprint density at radius 2 is 1.34 bits per heavy atom. The minimum atomic E-state index is -2.97. The fourth-order valence-electron chi connectivity index (χ4n) is 5.14. The van der Waals surface area contributed by atoms with Crippen molar-refractivity contribution in [3.05, 3.63) is 0 Å². The molecule has 1 aliphatic carbocycles. The lowest BCUT2D eigenvalue weighted by molar-refractivity contribution is -0.295. The maximum absolute atomic E-state index is 13.8. The minimum Gasteiger partial charge on any atom is -0.456 e. The molecule has 3 fully saturated rings. The third kappa shape index (κ3) is 13.6. The summed E-state index contributed by atoms with van der Waals surface area (Å²) in [6.45, 7) is 4.38. The summed E-state index contributed by atoms with van der Waals surface area (Å²) in [5, 5.41) is 34.8. The van der Waals surface area contributed by atoms with E-state index in [4.69, 9.17) is 28.4 Å². The maximum atomic E-state index is 13.8. The molecule has 2 saturated heterocycles. The first-order valence-corrected chi connectivity index (χ1v) is 16.4. The molecule has 0 aromatic rings. The molecule has 0 spiro atoms. The fourth-order valence-corrected chi connectivity index (χ4v) is 5.14. The number of hydrogen-bond acceptors (Lipinski definition) is 15. The van der Waals surface area contributed by atoms with Gasteiger partial charge in [0.2, 0.25) is 5.91 Å². The van der Waals surface area contributed by atoms with Crippen molar-refractivity contribution >= 4 is 11.9 Å². The van der Waals surface area contributed by atoms with E-state index in [1.54, 1.807) is 0 Å². The van der Waals surface area contributed by atoms with E-state index >= 15 is 0 Å². The van der Waals surface area contributed by atoms with Crippen LogP contribution in [0.1, 0.15) is 19.8 Å². The van der Waals surface area contributed by atoms with E-state index in [0.29, 0.717) is 39.3 Å². The van der Waals surface area contributed by atoms with Crippen LogP contribution < -0.4 is 16.3 Å². The minimum absolute atomic E-state index is 0.0142. The highest BCUT2D eigenvalue weighted by Crippen LogP contribution is 2.33. The number of hydrazine groups is 2. The molecule has 2 aliphatic heterocycles. The van der Waals surface area contributed by atoms with Gasteiger partial charge in [0.15, 0.2) is 43.3 Å². The number of nitrogens with one attached hydrogen (secondary N) is 3. The first-order chi connectivity index (χ1) is 23.9. The number of aliphatic hydroxyl groups is 3. The van der Waals surface area contributed by atoms with Crippen LogP contribution in [0.4, 0.5) is 22.0 Å². The molecule has 16 nitrogen and oxygen atoms in total. The third-order valence-corrected chi connectivity index (χ3v) is 8.02. The Labute approximate surface area is 286 Å². The summed E-state index contributed by atoms with van der Waals surface area (Å²) in [5.41, 5.74) is 6.14. The van der Waals surface area contributed by atoms with Crippen molar-refractivity contribution in [3.63, 3.8) is 0 Å². The van der Waals surface area contributed by atoms with Gasteiger partial charge in [-0.25, -0.2) is 32.4 Å². The zero-order chi connectivity index (χ0) is 36.6. The van der Waals surface area contributed by atoms with Crippen LogP contribution in [0.5, 0.6) is 0 Å². The van der Waals surface area contributed by atoms with Crippen LogP contribution in [-0.2, 0) is 42.7 Å². The lowest BCUT2D eigenvalue weighted by Crippen LogP contribution is -2.60. The Balaban J connectivity index is 1.10. The Hall–Kier alpha value is -1.89. The molecule has 1 amide bonds. The van der Waals surface area contributed by atoms with E-state index in [9.17, 15) is 46.9 Å². The first kappa shape index (κ1) is 42.5. The number of aliphatic hydroxyl groups excluding tert-OH is 3. The Morgan fingerprint density at radius 1 is 0.780 bits per heavy atom. The quantitative estimate of drug-likeness (QED) is 0.0409. The molecule has 0 aromatic carbocycles. The number of carbonyl (C=O) groups excluding carboxylic acids is 2. The second kappa shape index (κ2) is 22.2. The molecular weight excluding hydrogens is 691 g/mol. The number of carbonyl (C=O) groups is 2. The highest BCUT2D eigenvalue weighted by Gasteiger charge is 2.55. The maximum Gasteiger partial charge on any atom is 0.308 e. The molecule has 0 aromatic heterocycles. The highest BCUT2D eigenvalue weighted by atomic mass is 19.2. The smallest absolute Gasteiger partial charge is 0.308 e. The molecule has 292 valence electrons. The molecule has 50 heavy (non-hydrogen) atoms. The zero-order valence-electron chi connectivity index (χ0n) is 27.7. The van der Waals surface area contributed by atoms with Crippen LogP contribution in [0.15, 0.2) is 0 Å². The van der Waals surface area contributed by atoms with Crippen molar-refractivity contribution in [2.24, 2.45) is 0 Å². The standard InChI is InChI=1S/C29H49F5N4O12/c1-16(39)35-14-18-25(41)26(42)27(43)29(49-18)48-6-2-17-15-38(37-36-17)4-7-45-9-11-47-13-12-46-10-8-44-5-3-19(40)50-28-23(33)21(31)20(30)22(32)24(28)34/h17-18,20-29,36-37,41-43H,2-15H2,1H3,(H,35,39)/t17?,18-,20?,21?,22?,23?,24?,25-,26+,27+,28?,29+/m1/s1. The number of esters is 1. The van der Waals surface area contributed by atoms with Crippen LogP contribution >= 0.6 is 0 Å². The van der Waals surface area contributed by atoms with Gasteiger partial charge in [-0.3, -0.25) is 9.59 Å². The molecular formula is C29H49F5N4O12. The summed E-state index contributed by atoms with van der Waals surface area (Å²) < 4.78 is 105. The second-order valence-electron chi connectivity index (χ2n) is 11.9. The van der Waals surface area contributed by atoms with Gasteiger partial charge in [-0.15, -0.1) is 0 Å². The summed E-state index contributed by atoms with van der Waals surface area (Å²) >= 11 is 0. The lowest BCUT2D eigenvalue weighted by atomic mass is 9.89. The molecule has 0 radical (unpaired) electrons. The average Bonchev–Trinajstić information content (AvgIpc) is 3.55. The van der Waals surface area contributed by atoms with E-state index < -0.39 is 80.1 Å². The number of hydrogen-bond donors (Lipinski definition) is 6. The van der Waals surface area contributed by atoms with E-state index in [2.05, 4.69) is 21.0 Å². The third-order valence-electron chi connectivity index (χ3n) is 8.02. The van der Waals surface area contributed by atoms with Gasteiger partial charge in [0.05, 0.1) is 65.9 Å². The topological polar surface area (TPSA) is 199 Å². The van der Waals surface area contributed by atoms with Crippen LogP contribution in [-0.4, -0.2) is 185 Å². The zero-order valence-corrected chi connectivity index (χ0v) is 27.7. The number of ether oxygens (including phenoxy) is 7. The number of alkyl halides is 5. The van der Waals surface area contributed by atoms with Gasteiger partial charge in [-0.05, 0) is 6.42 Å². The molecule has 3 rings (SSSR count). The molecule has 21 heteroatoms. The molecule has 2 heterocycles. The normalized spacial score (nSPS) is 34.9. The predicted octanol–water partition coefficient (Wildman–Crippen LogP) is -1.90. The number of rotatable bonds is 22. The summed E-state index contributed by atoms with van der Waals surface area (Å²) in [5.74, 6) is -1.46. The van der Waals surface area contributed by atoms with Crippen molar-refractivity contribution in [1.29, 1.82) is 0 Å². The summed E-state index contributed by atoms with van der Waals surface area (Å²) in [7, 11) is 0. The van der Waals surface area contributed by atoms with E-state index in [1.807, 2.05) is 5.01 Å². The van der Waals surface area contributed by atoms with Crippen molar-refractivity contribution < 1.29 is 80.0 Å². The molecule has 0 bridgehead atoms. The summed E-state index contributed by atoms with van der Waals surface area (Å²) in [6.07, 6.45) is -23.1. The summed E-state index contributed by atoms with van der Waals surface area (Å²) in [6, 6.07) is 0.0142. The van der Waals surface area contributed by atoms with Crippen molar-refractivity contribution in [1.82, 2.24) is 21.3 Å². The van der Waals surface area contributed by atoms with Gasteiger partial charge in [0.25, 0.3) is 0 Å². The number of amides is 1. The van der Waals surface area contributed by atoms with Crippen molar-refractivity contribution in [2.45, 2.75) is 93.5 Å². The SMILES string of the molecule is CC(=O)NC[C@H]1O[C@H](OCCC2CN(CCOCCOCCOCCOCCC(=O)OC3C(F)C(F)C(F)C(F)C3F)NN2)[C@@H](O)[C@@H](O)[C@@H]1O.